The third kappa shape index (κ3) is 6.28. The average Bonchev–Trinajstić information content (AvgIpc) is 2.57. The molecule has 0 amide bonds. The van der Waals surface area contributed by atoms with E-state index in [0.717, 1.165) is 11.4 Å². The summed E-state index contributed by atoms with van der Waals surface area (Å²) in [6.07, 6.45) is 0. The molecule has 0 bridgehead atoms. The van der Waals surface area contributed by atoms with Crippen molar-refractivity contribution >= 4 is 46.0 Å². The van der Waals surface area contributed by atoms with Crippen molar-refractivity contribution in [3.63, 3.8) is 0 Å². The molecule has 0 aliphatic carbocycles. The zero-order chi connectivity index (χ0) is 19.1. The lowest BCUT2D eigenvalue weighted by atomic mass is 10.1. The fourth-order valence-electron chi connectivity index (χ4n) is 2.59. The molecule has 0 atom stereocenters. The fourth-order valence-corrected chi connectivity index (χ4v) is 3.02. The van der Waals surface area contributed by atoms with E-state index >= 15 is 0 Å². The number of aryl methyl sites for hydroxylation is 4. The summed E-state index contributed by atoms with van der Waals surface area (Å²) in [5.41, 5.74) is 6.86. The normalized spacial score (nSPS) is 10.2. The van der Waals surface area contributed by atoms with Gasteiger partial charge in [0, 0.05) is 24.5 Å². The molecule has 0 saturated heterocycles. The quantitative estimate of drug-likeness (QED) is 0.457. The molecule has 0 heterocycles. The second-order valence-electron chi connectivity index (χ2n) is 6.40. The van der Waals surface area contributed by atoms with Gasteiger partial charge in [-0.3, -0.25) is 0 Å². The van der Waals surface area contributed by atoms with Crippen LogP contribution in [0.4, 0.5) is 11.4 Å². The van der Waals surface area contributed by atoms with Gasteiger partial charge in [0.05, 0.1) is 0 Å². The Kier molecular flexibility index (Phi) is 7.36. The van der Waals surface area contributed by atoms with Crippen molar-refractivity contribution in [2.24, 2.45) is 0 Å². The first kappa shape index (κ1) is 20.1. The van der Waals surface area contributed by atoms with Crippen LogP contribution in [0.5, 0.6) is 0 Å². The van der Waals surface area contributed by atoms with E-state index in [0.29, 0.717) is 23.3 Å². The molecule has 0 aliphatic rings. The first-order valence-corrected chi connectivity index (χ1v) is 9.41. The minimum Gasteiger partial charge on any atom is -0.361 e. The van der Waals surface area contributed by atoms with E-state index in [2.05, 4.69) is 73.2 Å². The molecule has 4 nitrogen and oxygen atoms in total. The Labute approximate surface area is 166 Å². The van der Waals surface area contributed by atoms with Crippen LogP contribution >= 0.6 is 24.4 Å². The van der Waals surface area contributed by atoms with E-state index in [9.17, 15) is 0 Å². The summed E-state index contributed by atoms with van der Waals surface area (Å²) >= 11 is 10.7. The predicted molar refractivity (Wildman–Crippen MR) is 120 cm³/mol. The van der Waals surface area contributed by atoms with E-state index in [1.807, 2.05) is 12.1 Å². The summed E-state index contributed by atoms with van der Waals surface area (Å²) in [7, 11) is 0. The van der Waals surface area contributed by atoms with Crippen LogP contribution in [0.2, 0.25) is 0 Å². The summed E-state index contributed by atoms with van der Waals surface area (Å²) in [6, 6.07) is 12.5. The van der Waals surface area contributed by atoms with E-state index in [-0.39, 0.29) is 0 Å². The Bertz CT molecular complexity index is 735. The molecule has 0 fully saturated rings. The predicted octanol–water partition coefficient (Wildman–Crippen LogP) is 4.19. The lowest BCUT2D eigenvalue weighted by molar-refractivity contribution is 0.821. The first-order chi connectivity index (χ1) is 12.3. The van der Waals surface area contributed by atoms with Crippen LogP contribution in [0.1, 0.15) is 22.3 Å². The summed E-state index contributed by atoms with van der Waals surface area (Å²) in [5, 5.41) is 14.0. The SMILES string of the molecule is Cc1ccc(NC(=S)NCCNC(=S)Nc2ccc(C)cc2C)c(C)c1. The van der Waals surface area contributed by atoms with E-state index in [1.54, 1.807) is 0 Å². The number of anilines is 2. The van der Waals surface area contributed by atoms with Crippen molar-refractivity contribution in [1.29, 1.82) is 0 Å². The van der Waals surface area contributed by atoms with Crippen molar-refractivity contribution in [3.05, 3.63) is 58.7 Å². The zero-order valence-electron chi connectivity index (χ0n) is 15.7. The third-order valence-corrected chi connectivity index (χ3v) is 4.45. The number of benzene rings is 2. The Balaban J connectivity index is 1.70. The highest BCUT2D eigenvalue weighted by Crippen LogP contribution is 2.16. The van der Waals surface area contributed by atoms with Crippen LogP contribution < -0.4 is 21.3 Å². The zero-order valence-corrected chi connectivity index (χ0v) is 17.3. The van der Waals surface area contributed by atoms with Crippen molar-refractivity contribution in [2.45, 2.75) is 27.7 Å². The van der Waals surface area contributed by atoms with Crippen molar-refractivity contribution in [3.8, 4) is 0 Å². The van der Waals surface area contributed by atoms with Crippen LogP contribution in [-0.4, -0.2) is 23.3 Å². The Hall–Kier alpha value is -2.18. The van der Waals surface area contributed by atoms with Crippen LogP contribution in [-0.2, 0) is 0 Å². The number of thiocarbonyl (C=S) groups is 2. The summed E-state index contributed by atoms with van der Waals surface area (Å²) in [6.45, 7) is 9.63. The number of nitrogens with one attached hydrogen (secondary N) is 4. The van der Waals surface area contributed by atoms with Crippen molar-refractivity contribution in [1.82, 2.24) is 10.6 Å². The van der Waals surface area contributed by atoms with Gasteiger partial charge >= 0.3 is 0 Å². The van der Waals surface area contributed by atoms with Crippen LogP contribution in [0.15, 0.2) is 36.4 Å². The molecular weight excluding hydrogens is 360 g/mol. The van der Waals surface area contributed by atoms with E-state index in [4.69, 9.17) is 24.4 Å². The van der Waals surface area contributed by atoms with Gasteiger partial charge in [0.1, 0.15) is 0 Å². The second kappa shape index (κ2) is 9.50. The average molecular weight is 387 g/mol. The molecule has 0 radical (unpaired) electrons. The molecule has 2 rings (SSSR count). The van der Waals surface area contributed by atoms with Gasteiger partial charge in [0.15, 0.2) is 10.2 Å². The molecule has 0 aliphatic heterocycles. The maximum absolute atomic E-state index is 5.34. The van der Waals surface area contributed by atoms with E-state index < -0.39 is 0 Å². The lowest BCUT2D eigenvalue weighted by Crippen LogP contribution is -2.38. The van der Waals surface area contributed by atoms with Gasteiger partial charge in [-0.15, -0.1) is 0 Å². The molecule has 0 unspecified atom stereocenters. The Morgan fingerprint density at radius 1 is 0.692 bits per heavy atom. The molecule has 26 heavy (non-hydrogen) atoms. The Morgan fingerprint density at radius 2 is 1.08 bits per heavy atom. The lowest BCUT2D eigenvalue weighted by Gasteiger charge is -2.15. The maximum atomic E-state index is 5.34. The third-order valence-electron chi connectivity index (χ3n) is 3.96. The molecule has 4 N–H and O–H groups in total. The van der Waals surface area contributed by atoms with Gasteiger partial charge < -0.3 is 21.3 Å². The minimum atomic E-state index is 0.604. The van der Waals surface area contributed by atoms with Gasteiger partial charge in [-0.1, -0.05) is 35.4 Å². The summed E-state index contributed by atoms with van der Waals surface area (Å²) < 4.78 is 0. The fraction of sp³-hybridized carbons (Fsp3) is 0.300. The molecule has 0 spiro atoms. The van der Waals surface area contributed by atoms with Gasteiger partial charge in [-0.2, -0.15) is 0 Å². The van der Waals surface area contributed by atoms with Crippen molar-refractivity contribution < 1.29 is 0 Å². The summed E-state index contributed by atoms with van der Waals surface area (Å²) in [4.78, 5) is 0. The van der Waals surface area contributed by atoms with Crippen molar-refractivity contribution in [2.75, 3.05) is 23.7 Å². The van der Waals surface area contributed by atoms with Crippen LogP contribution in [0, 0.1) is 27.7 Å². The van der Waals surface area contributed by atoms with Gasteiger partial charge in [0.2, 0.25) is 0 Å². The molecule has 0 aromatic heterocycles. The summed E-state index contributed by atoms with van der Waals surface area (Å²) in [5.74, 6) is 0. The molecule has 138 valence electrons. The Morgan fingerprint density at radius 3 is 1.42 bits per heavy atom. The van der Waals surface area contributed by atoms with Gasteiger partial charge in [-0.25, -0.2) is 0 Å². The van der Waals surface area contributed by atoms with E-state index in [1.165, 1.54) is 22.3 Å². The number of hydrogen-bond acceptors (Lipinski definition) is 2. The number of rotatable bonds is 5. The monoisotopic (exact) mass is 386 g/mol. The van der Waals surface area contributed by atoms with Gasteiger partial charge in [0.25, 0.3) is 0 Å². The molecule has 2 aromatic rings. The van der Waals surface area contributed by atoms with Crippen LogP contribution in [0.25, 0.3) is 0 Å². The second-order valence-corrected chi connectivity index (χ2v) is 7.22. The smallest absolute Gasteiger partial charge is 0.170 e. The molecule has 2 aromatic carbocycles. The first-order valence-electron chi connectivity index (χ1n) is 8.59. The highest BCUT2D eigenvalue weighted by atomic mass is 32.1. The highest BCUT2D eigenvalue weighted by molar-refractivity contribution is 7.80. The minimum absolute atomic E-state index is 0.604. The maximum Gasteiger partial charge on any atom is 0.170 e. The topological polar surface area (TPSA) is 48.1 Å². The highest BCUT2D eigenvalue weighted by Gasteiger charge is 2.03. The number of hydrogen-bond donors (Lipinski definition) is 4. The molecule has 0 saturated carbocycles. The molecular formula is C20H26N4S2. The standard InChI is InChI=1S/C20H26N4S2/c1-13-5-7-17(15(3)11-13)23-19(25)21-9-10-22-20(26)24-18-8-6-14(2)12-16(18)4/h5-8,11-12H,9-10H2,1-4H3,(H2,21,23,25)(H2,22,24,26). The largest absolute Gasteiger partial charge is 0.361 e. The van der Waals surface area contributed by atoms with Crippen LogP contribution in [0.3, 0.4) is 0 Å². The van der Waals surface area contributed by atoms with Gasteiger partial charge in [-0.05, 0) is 75.4 Å². The molecule has 6 heteroatoms.